The predicted molar refractivity (Wildman–Crippen MR) is 58.0 cm³/mol. The largest absolute Gasteiger partial charge is 0.387 e. The van der Waals surface area contributed by atoms with E-state index in [4.69, 9.17) is 5.73 Å². The van der Waals surface area contributed by atoms with Crippen molar-refractivity contribution < 1.29 is 5.11 Å². The number of benzene rings is 2. The van der Waals surface area contributed by atoms with Crippen LogP contribution < -0.4 is 5.73 Å². The van der Waals surface area contributed by atoms with Gasteiger partial charge in [0.1, 0.15) is 0 Å². The van der Waals surface area contributed by atoms with E-state index in [0.717, 1.165) is 10.9 Å². The molecule has 3 N–H and O–H groups in total. The second-order valence-electron chi connectivity index (χ2n) is 3.36. The molecule has 0 aliphatic rings. The Bertz CT molecular complexity index is 439. The fourth-order valence-electron chi connectivity index (χ4n) is 1.55. The van der Waals surface area contributed by atoms with E-state index in [-0.39, 0.29) is 6.54 Å². The second kappa shape index (κ2) is 3.78. The lowest BCUT2D eigenvalue weighted by Crippen LogP contribution is -2.11. The molecule has 0 bridgehead atoms. The highest BCUT2D eigenvalue weighted by Gasteiger charge is 2.04. The number of hydrogen-bond acceptors (Lipinski definition) is 2. The third kappa shape index (κ3) is 1.62. The summed E-state index contributed by atoms with van der Waals surface area (Å²) in [5.74, 6) is 0. The second-order valence-corrected chi connectivity index (χ2v) is 3.36. The van der Waals surface area contributed by atoms with E-state index in [1.54, 1.807) is 0 Å². The van der Waals surface area contributed by atoms with E-state index in [9.17, 15) is 5.11 Å². The summed E-state index contributed by atoms with van der Waals surface area (Å²) in [5, 5.41) is 11.9. The Morgan fingerprint density at radius 1 is 1.07 bits per heavy atom. The van der Waals surface area contributed by atoms with Gasteiger partial charge in [-0.1, -0.05) is 36.4 Å². The molecule has 14 heavy (non-hydrogen) atoms. The number of rotatable bonds is 2. The van der Waals surface area contributed by atoms with Crippen molar-refractivity contribution in [3.05, 3.63) is 48.0 Å². The Labute approximate surface area is 83.0 Å². The number of aliphatic hydroxyl groups is 1. The summed E-state index contributed by atoms with van der Waals surface area (Å²) in [4.78, 5) is 0. The van der Waals surface area contributed by atoms with E-state index in [2.05, 4.69) is 0 Å². The van der Waals surface area contributed by atoms with Crippen molar-refractivity contribution in [3.63, 3.8) is 0 Å². The van der Waals surface area contributed by atoms with Gasteiger partial charge in [-0.15, -0.1) is 0 Å². The molecule has 2 heteroatoms. The predicted octanol–water partition coefficient (Wildman–Crippen LogP) is 1.83. The molecule has 0 unspecified atom stereocenters. The maximum absolute atomic E-state index is 9.56. The zero-order chi connectivity index (χ0) is 9.97. The van der Waals surface area contributed by atoms with Crippen LogP contribution in [-0.2, 0) is 0 Å². The molecule has 72 valence electrons. The first-order valence-corrected chi connectivity index (χ1v) is 4.68. The van der Waals surface area contributed by atoms with Crippen LogP contribution in [-0.4, -0.2) is 11.7 Å². The van der Waals surface area contributed by atoms with Gasteiger partial charge < -0.3 is 10.8 Å². The molecule has 0 amide bonds. The monoisotopic (exact) mass is 187 g/mol. The van der Waals surface area contributed by atoms with Gasteiger partial charge in [0.25, 0.3) is 0 Å². The molecule has 2 rings (SSSR count). The van der Waals surface area contributed by atoms with Crippen LogP contribution in [0.3, 0.4) is 0 Å². The molecule has 0 saturated heterocycles. The van der Waals surface area contributed by atoms with Crippen molar-refractivity contribution in [1.29, 1.82) is 0 Å². The molecule has 0 spiro atoms. The molecule has 2 nitrogen and oxygen atoms in total. The number of fused-ring (bicyclic) bond motifs is 1. The molecule has 2 aromatic carbocycles. The van der Waals surface area contributed by atoms with Crippen molar-refractivity contribution in [1.82, 2.24) is 0 Å². The van der Waals surface area contributed by atoms with Gasteiger partial charge in [0.15, 0.2) is 0 Å². The maximum atomic E-state index is 9.56. The Kier molecular flexibility index (Phi) is 2.48. The quantitative estimate of drug-likeness (QED) is 0.753. The van der Waals surface area contributed by atoms with Gasteiger partial charge in [0, 0.05) is 6.54 Å². The minimum atomic E-state index is -0.556. The number of hydrogen-bond donors (Lipinski definition) is 2. The van der Waals surface area contributed by atoms with E-state index in [1.165, 1.54) is 5.39 Å². The van der Waals surface area contributed by atoms with E-state index in [1.807, 2.05) is 42.5 Å². The molecule has 1 atom stereocenters. The first-order chi connectivity index (χ1) is 6.81. The molecule has 0 aliphatic carbocycles. The summed E-state index contributed by atoms with van der Waals surface area (Å²) in [6.07, 6.45) is -0.556. The van der Waals surface area contributed by atoms with Crippen molar-refractivity contribution >= 4 is 10.8 Å². The summed E-state index contributed by atoms with van der Waals surface area (Å²) in [7, 11) is 0. The first-order valence-electron chi connectivity index (χ1n) is 4.68. The van der Waals surface area contributed by atoms with Crippen LogP contribution in [0.1, 0.15) is 11.7 Å². The zero-order valence-corrected chi connectivity index (χ0v) is 7.85. The van der Waals surface area contributed by atoms with Crippen LogP contribution in [0.25, 0.3) is 10.8 Å². The molecular weight excluding hydrogens is 174 g/mol. The van der Waals surface area contributed by atoms with Gasteiger partial charge in [0.05, 0.1) is 6.10 Å². The normalized spacial score (nSPS) is 13.0. The summed E-state index contributed by atoms with van der Waals surface area (Å²) < 4.78 is 0. The van der Waals surface area contributed by atoms with Gasteiger partial charge in [-0.2, -0.15) is 0 Å². The molecule has 0 saturated carbocycles. The van der Waals surface area contributed by atoms with Crippen LogP contribution in [0.4, 0.5) is 0 Å². The van der Waals surface area contributed by atoms with Gasteiger partial charge in [-0.05, 0) is 22.4 Å². The van der Waals surface area contributed by atoms with Gasteiger partial charge in [-0.3, -0.25) is 0 Å². The number of nitrogens with two attached hydrogens (primary N) is 1. The van der Waals surface area contributed by atoms with Crippen molar-refractivity contribution in [2.75, 3.05) is 6.54 Å². The minimum absolute atomic E-state index is 0.262. The molecule has 2 aromatic rings. The Morgan fingerprint density at radius 2 is 1.79 bits per heavy atom. The van der Waals surface area contributed by atoms with Crippen molar-refractivity contribution in [2.24, 2.45) is 5.73 Å². The SMILES string of the molecule is NC[C@@H](O)c1ccc2ccccc2c1. The molecular formula is C12H13NO. The fourth-order valence-corrected chi connectivity index (χ4v) is 1.55. The van der Waals surface area contributed by atoms with E-state index >= 15 is 0 Å². The lowest BCUT2D eigenvalue weighted by molar-refractivity contribution is 0.187. The smallest absolute Gasteiger partial charge is 0.0912 e. The van der Waals surface area contributed by atoms with Crippen molar-refractivity contribution in [3.8, 4) is 0 Å². The molecule has 0 aliphatic heterocycles. The van der Waals surface area contributed by atoms with Gasteiger partial charge in [0.2, 0.25) is 0 Å². The van der Waals surface area contributed by atoms with E-state index < -0.39 is 6.10 Å². The topological polar surface area (TPSA) is 46.2 Å². The van der Waals surface area contributed by atoms with Crippen LogP contribution in [0.2, 0.25) is 0 Å². The Hall–Kier alpha value is -1.38. The summed E-state index contributed by atoms with van der Waals surface area (Å²) >= 11 is 0. The fraction of sp³-hybridized carbons (Fsp3) is 0.167. The third-order valence-electron chi connectivity index (χ3n) is 2.38. The summed E-state index contributed by atoms with van der Waals surface area (Å²) in [5.41, 5.74) is 6.28. The van der Waals surface area contributed by atoms with Crippen molar-refractivity contribution in [2.45, 2.75) is 6.10 Å². The number of aliphatic hydroxyl groups excluding tert-OH is 1. The summed E-state index contributed by atoms with van der Waals surface area (Å²) in [6.45, 7) is 0.262. The lowest BCUT2D eigenvalue weighted by Gasteiger charge is -2.08. The minimum Gasteiger partial charge on any atom is -0.387 e. The zero-order valence-electron chi connectivity index (χ0n) is 7.85. The average molecular weight is 187 g/mol. The van der Waals surface area contributed by atoms with Crippen LogP contribution in [0.5, 0.6) is 0 Å². The molecule has 0 heterocycles. The highest BCUT2D eigenvalue weighted by molar-refractivity contribution is 5.83. The Balaban J connectivity index is 2.51. The molecule has 0 aromatic heterocycles. The van der Waals surface area contributed by atoms with Gasteiger partial charge in [-0.25, -0.2) is 0 Å². The highest BCUT2D eigenvalue weighted by atomic mass is 16.3. The molecule has 0 radical (unpaired) electrons. The summed E-state index contributed by atoms with van der Waals surface area (Å²) in [6, 6.07) is 14.0. The van der Waals surface area contributed by atoms with E-state index in [0.29, 0.717) is 0 Å². The molecule has 0 fully saturated rings. The third-order valence-corrected chi connectivity index (χ3v) is 2.38. The Morgan fingerprint density at radius 3 is 2.50 bits per heavy atom. The lowest BCUT2D eigenvalue weighted by atomic mass is 10.0. The highest BCUT2D eigenvalue weighted by Crippen LogP contribution is 2.19. The van der Waals surface area contributed by atoms with Crippen LogP contribution in [0, 0.1) is 0 Å². The van der Waals surface area contributed by atoms with Crippen LogP contribution >= 0.6 is 0 Å². The average Bonchev–Trinajstić information content (AvgIpc) is 2.27. The van der Waals surface area contributed by atoms with Gasteiger partial charge >= 0.3 is 0 Å². The first kappa shape index (κ1) is 9.19. The standard InChI is InChI=1S/C12H13NO/c13-8-12(14)11-6-5-9-3-1-2-4-10(9)7-11/h1-7,12,14H,8,13H2/t12-/m1/s1. The maximum Gasteiger partial charge on any atom is 0.0912 e. The van der Waals surface area contributed by atoms with Crippen LogP contribution in [0.15, 0.2) is 42.5 Å².